The van der Waals surface area contributed by atoms with Crippen molar-refractivity contribution in [3.8, 4) is 0 Å². The van der Waals surface area contributed by atoms with Crippen LogP contribution in [-0.4, -0.2) is 12.5 Å². The highest BCUT2D eigenvalue weighted by atomic mass is 19.1. The molecule has 0 heterocycles. The van der Waals surface area contributed by atoms with Crippen molar-refractivity contribution in [1.82, 2.24) is 5.32 Å². The summed E-state index contributed by atoms with van der Waals surface area (Å²) in [6.07, 6.45) is 0.742. The van der Waals surface area contributed by atoms with Gasteiger partial charge in [-0.25, -0.2) is 4.39 Å². The van der Waals surface area contributed by atoms with Crippen molar-refractivity contribution < 1.29 is 9.18 Å². The van der Waals surface area contributed by atoms with Crippen LogP contribution in [0.1, 0.15) is 25.0 Å². The van der Waals surface area contributed by atoms with E-state index in [0.717, 1.165) is 23.2 Å². The minimum atomic E-state index is -0.700. The highest BCUT2D eigenvalue weighted by Gasteiger charge is 2.29. The van der Waals surface area contributed by atoms with E-state index in [-0.39, 0.29) is 11.7 Å². The Morgan fingerprint density at radius 1 is 1.09 bits per heavy atom. The Labute approximate surface area is 130 Å². The van der Waals surface area contributed by atoms with Crippen molar-refractivity contribution >= 4 is 11.6 Å². The average molecular weight is 300 g/mol. The lowest BCUT2D eigenvalue weighted by Crippen LogP contribution is -2.40. The molecule has 0 bridgehead atoms. The van der Waals surface area contributed by atoms with E-state index in [4.69, 9.17) is 5.73 Å². The zero-order valence-corrected chi connectivity index (χ0v) is 12.9. The summed E-state index contributed by atoms with van der Waals surface area (Å²) in [4.78, 5) is 12.4. The second-order valence-corrected chi connectivity index (χ2v) is 5.88. The molecule has 0 aliphatic heterocycles. The van der Waals surface area contributed by atoms with E-state index in [9.17, 15) is 9.18 Å². The first-order valence-electron chi connectivity index (χ1n) is 7.28. The van der Waals surface area contributed by atoms with Crippen LogP contribution in [0.5, 0.6) is 0 Å². The van der Waals surface area contributed by atoms with Gasteiger partial charge in [-0.3, -0.25) is 4.79 Å². The van der Waals surface area contributed by atoms with Gasteiger partial charge in [0.05, 0.1) is 5.41 Å². The van der Waals surface area contributed by atoms with Gasteiger partial charge in [-0.2, -0.15) is 0 Å². The lowest BCUT2D eigenvalue weighted by Gasteiger charge is -2.24. The summed E-state index contributed by atoms with van der Waals surface area (Å²) in [6.45, 7) is 4.21. The maximum atomic E-state index is 13.0. The molecular weight excluding hydrogens is 279 g/mol. The Morgan fingerprint density at radius 2 is 1.68 bits per heavy atom. The number of hydrogen-bond donors (Lipinski definition) is 2. The van der Waals surface area contributed by atoms with Gasteiger partial charge in [-0.05, 0) is 55.7 Å². The molecule has 0 saturated carbocycles. The van der Waals surface area contributed by atoms with Crippen molar-refractivity contribution in [1.29, 1.82) is 0 Å². The largest absolute Gasteiger partial charge is 0.399 e. The highest BCUT2D eigenvalue weighted by molar-refractivity contribution is 5.87. The van der Waals surface area contributed by atoms with Gasteiger partial charge < -0.3 is 11.1 Å². The first-order chi connectivity index (χ1) is 10.4. The van der Waals surface area contributed by atoms with Gasteiger partial charge in [0.25, 0.3) is 0 Å². The number of nitrogens with one attached hydrogen (secondary N) is 1. The normalized spacial score (nSPS) is 11.2. The van der Waals surface area contributed by atoms with Crippen molar-refractivity contribution in [2.24, 2.45) is 0 Å². The molecule has 116 valence electrons. The third-order valence-corrected chi connectivity index (χ3v) is 3.81. The van der Waals surface area contributed by atoms with Crippen molar-refractivity contribution in [3.05, 3.63) is 65.5 Å². The Morgan fingerprint density at radius 3 is 2.27 bits per heavy atom. The van der Waals surface area contributed by atoms with Crippen molar-refractivity contribution in [2.45, 2.75) is 25.7 Å². The van der Waals surface area contributed by atoms with Crippen LogP contribution in [0.2, 0.25) is 0 Å². The second kappa shape index (κ2) is 6.60. The molecule has 4 heteroatoms. The van der Waals surface area contributed by atoms with E-state index >= 15 is 0 Å². The van der Waals surface area contributed by atoms with Gasteiger partial charge in [0.1, 0.15) is 5.82 Å². The molecule has 0 aromatic heterocycles. The number of nitrogen functional groups attached to an aromatic ring is 1. The molecule has 0 spiro atoms. The fourth-order valence-electron chi connectivity index (χ4n) is 2.22. The molecule has 0 aliphatic carbocycles. The minimum Gasteiger partial charge on any atom is -0.399 e. The summed E-state index contributed by atoms with van der Waals surface area (Å²) >= 11 is 0. The van der Waals surface area contributed by atoms with Crippen molar-refractivity contribution in [3.63, 3.8) is 0 Å². The summed E-state index contributed by atoms with van der Waals surface area (Å²) in [7, 11) is 0. The van der Waals surface area contributed by atoms with Gasteiger partial charge in [-0.15, -0.1) is 0 Å². The molecule has 0 fully saturated rings. The van der Waals surface area contributed by atoms with Crippen LogP contribution >= 0.6 is 0 Å². The molecule has 0 aliphatic rings. The van der Waals surface area contributed by atoms with E-state index in [1.807, 2.05) is 38.1 Å². The van der Waals surface area contributed by atoms with Crippen molar-refractivity contribution in [2.75, 3.05) is 12.3 Å². The third kappa shape index (κ3) is 3.85. The van der Waals surface area contributed by atoms with E-state index in [1.54, 1.807) is 12.1 Å². The predicted molar refractivity (Wildman–Crippen MR) is 87.0 cm³/mol. The highest BCUT2D eigenvalue weighted by Crippen LogP contribution is 2.23. The van der Waals surface area contributed by atoms with Crippen LogP contribution in [0.15, 0.2) is 48.5 Å². The third-order valence-electron chi connectivity index (χ3n) is 3.81. The molecular formula is C18H21FN2O. The van der Waals surface area contributed by atoms with E-state index in [2.05, 4.69) is 5.32 Å². The lowest BCUT2D eigenvalue weighted by molar-refractivity contribution is -0.125. The minimum absolute atomic E-state index is 0.0745. The quantitative estimate of drug-likeness (QED) is 0.834. The molecule has 0 saturated heterocycles. The standard InChI is InChI=1S/C18H21FN2O/c1-18(2,14-5-7-15(19)8-6-14)17(22)21-12-11-13-3-9-16(20)10-4-13/h3-10H,11-12,20H2,1-2H3,(H,21,22). The first kappa shape index (κ1) is 16.0. The predicted octanol–water partition coefficient (Wildman–Crippen LogP) is 3.04. The number of carbonyl (C=O) groups is 1. The molecule has 2 aromatic carbocycles. The number of hydrogen-bond acceptors (Lipinski definition) is 2. The van der Waals surface area contributed by atoms with Gasteiger partial charge in [0.2, 0.25) is 5.91 Å². The van der Waals surface area contributed by atoms with E-state index in [0.29, 0.717) is 6.54 Å². The molecule has 0 radical (unpaired) electrons. The van der Waals surface area contributed by atoms with Gasteiger partial charge >= 0.3 is 0 Å². The van der Waals surface area contributed by atoms with Crippen LogP contribution in [-0.2, 0) is 16.6 Å². The number of anilines is 1. The van der Waals surface area contributed by atoms with E-state index in [1.165, 1.54) is 12.1 Å². The number of amides is 1. The summed E-state index contributed by atoms with van der Waals surface area (Å²) in [5.74, 6) is -0.377. The molecule has 3 nitrogen and oxygen atoms in total. The molecule has 2 aromatic rings. The van der Waals surface area contributed by atoms with Gasteiger partial charge in [0.15, 0.2) is 0 Å². The number of benzene rings is 2. The maximum Gasteiger partial charge on any atom is 0.230 e. The van der Waals surface area contributed by atoms with Gasteiger partial charge in [-0.1, -0.05) is 24.3 Å². The molecule has 0 unspecified atom stereocenters. The van der Waals surface area contributed by atoms with Crippen LogP contribution in [0.4, 0.5) is 10.1 Å². The fraction of sp³-hybridized carbons (Fsp3) is 0.278. The number of halogens is 1. The zero-order valence-electron chi connectivity index (χ0n) is 12.9. The molecule has 22 heavy (non-hydrogen) atoms. The second-order valence-electron chi connectivity index (χ2n) is 5.88. The first-order valence-corrected chi connectivity index (χ1v) is 7.28. The zero-order chi connectivity index (χ0) is 16.2. The summed E-state index contributed by atoms with van der Waals surface area (Å²) in [5.41, 5.74) is 7.58. The Hall–Kier alpha value is -2.36. The smallest absolute Gasteiger partial charge is 0.230 e. The Kier molecular flexibility index (Phi) is 4.81. The fourth-order valence-corrected chi connectivity index (χ4v) is 2.22. The molecule has 2 rings (SSSR count). The summed E-state index contributed by atoms with van der Waals surface area (Å²) < 4.78 is 13.0. The topological polar surface area (TPSA) is 55.1 Å². The van der Waals surface area contributed by atoms with Crippen LogP contribution in [0, 0.1) is 5.82 Å². The Bertz CT molecular complexity index is 633. The van der Waals surface area contributed by atoms with Crippen LogP contribution < -0.4 is 11.1 Å². The lowest BCUT2D eigenvalue weighted by atomic mass is 9.83. The number of carbonyl (C=O) groups excluding carboxylic acids is 1. The molecule has 0 atom stereocenters. The number of nitrogens with two attached hydrogens (primary N) is 1. The van der Waals surface area contributed by atoms with Gasteiger partial charge in [0, 0.05) is 12.2 Å². The number of rotatable bonds is 5. The SMILES string of the molecule is CC(C)(C(=O)NCCc1ccc(N)cc1)c1ccc(F)cc1. The molecule has 1 amide bonds. The van der Waals surface area contributed by atoms with Crippen LogP contribution in [0.25, 0.3) is 0 Å². The Balaban J connectivity index is 1.93. The monoisotopic (exact) mass is 300 g/mol. The van der Waals surface area contributed by atoms with Crippen LogP contribution in [0.3, 0.4) is 0 Å². The van der Waals surface area contributed by atoms with E-state index < -0.39 is 5.41 Å². The molecule has 3 N–H and O–H groups in total. The average Bonchev–Trinajstić information content (AvgIpc) is 2.49. The maximum absolute atomic E-state index is 13.0. The summed E-state index contributed by atoms with van der Waals surface area (Å²) in [5, 5.41) is 2.94. The summed E-state index contributed by atoms with van der Waals surface area (Å²) in [6, 6.07) is 13.6.